The summed E-state index contributed by atoms with van der Waals surface area (Å²) in [5, 5.41) is 7.58. The van der Waals surface area contributed by atoms with Gasteiger partial charge in [-0.3, -0.25) is 19.4 Å². The van der Waals surface area contributed by atoms with Gasteiger partial charge in [-0.15, -0.1) is 0 Å². The van der Waals surface area contributed by atoms with Gasteiger partial charge in [-0.25, -0.2) is 4.98 Å². The van der Waals surface area contributed by atoms with Gasteiger partial charge in [0.2, 0.25) is 5.91 Å². The zero-order valence-electron chi connectivity index (χ0n) is 19.9. The number of hydrogen-bond donors (Lipinski definition) is 1. The first-order chi connectivity index (χ1) is 16.3. The number of amides is 1. The summed E-state index contributed by atoms with van der Waals surface area (Å²) in [7, 11) is 0. The first kappa shape index (κ1) is 21.9. The van der Waals surface area contributed by atoms with E-state index in [0.717, 1.165) is 46.5 Å². The van der Waals surface area contributed by atoms with Gasteiger partial charge in [-0.1, -0.05) is 19.9 Å². The zero-order valence-corrected chi connectivity index (χ0v) is 19.9. The fourth-order valence-corrected chi connectivity index (χ4v) is 4.49. The van der Waals surface area contributed by atoms with Crippen LogP contribution < -0.4 is 5.32 Å². The van der Waals surface area contributed by atoms with Gasteiger partial charge < -0.3 is 5.32 Å². The second kappa shape index (κ2) is 8.48. The number of carbonyl (C=O) groups excluding carboxylic acids is 1. The Morgan fingerprint density at radius 1 is 1.09 bits per heavy atom. The Labute approximate surface area is 199 Å². The molecule has 0 unspecified atom stereocenters. The first-order valence-electron chi connectivity index (χ1n) is 11.5. The molecule has 0 aliphatic carbocycles. The molecule has 0 saturated carbocycles. The number of pyridine rings is 3. The van der Waals surface area contributed by atoms with E-state index in [0.29, 0.717) is 5.82 Å². The van der Waals surface area contributed by atoms with E-state index in [9.17, 15) is 4.79 Å². The van der Waals surface area contributed by atoms with Crippen molar-refractivity contribution in [2.45, 2.75) is 46.6 Å². The van der Waals surface area contributed by atoms with Crippen molar-refractivity contribution < 1.29 is 4.79 Å². The van der Waals surface area contributed by atoms with E-state index >= 15 is 0 Å². The molecular weight excluding hydrogens is 424 g/mol. The maximum Gasteiger partial charge on any atom is 0.232 e. The Morgan fingerprint density at radius 2 is 1.94 bits per heavy atom. The van der Waals surface area contributed by atoms with Gasteiger partial charge in [-0.05, 0) is 66.6 Å². The van der Waals surface area contributed by atoms with Gasteiger partial charge in [0.05, 0.1) is 17.8 Å². The Hall–Kier alpha value is -3.87. The minimum atomic E-state index is -0.372. The van der Waals surface area contributed by atoms with Crippen LogP contribution in [0, 0.1) is 12.3 Å². The van der Waals surface area contributed by atoms with Gasteiger partial charge in [0, 0.05) is 48.2 Å². The Bertz CT molecular complexity index is 1340. The summed E-state index contributed by atoms with van der Waals surface area (Å²) in [6.45, 7) is 9.35. The molecule has 0 bridgehead atoms. The van der Waals surface area contributed by atoms with E-state index in [1.54, 1.807) is 18.6 Å². The van der Waals surface area contributed by atoms with Gasteiger partial charge >= 0.3 is 0 Å². The number of aryl methyl sites for hydroxylation is 1. The van der Waals surface area contributed by atoms with Crippen LogP contribution in [-0.4, -0.2) is 30.6 Å². The smallest absolute Gasteiger partial charge is 0.232 e. The summed E-state index contributed by atoms with van der Waals surface area (Å²) in [6.07, 6.45) is 9.97. The van der Waals surface area contributed by atoms with E-state index in [4.69, 9.17) is 0 Å². The molecule has 1 aliphatic heterocycles. The number of nitrogens with zero attached hydrogens (tertiary/aromatic N) is 5. The van der Waals surface area contributed by atoms with Gasteiger partial charge in [0.25, 0.3) is 0 Å². The molecule has 1 N–H and O–H groups in total. The van der Waals surface area contributed by atoms with E-state index in [1.807, 2.05) is 56.6 Å². The molecule has 5 heterocycles. The summed E-state index contributed by atoms with van der Waals surface area (Å²) < 4.78 is 2.09. The predicted octanol–water partition coefficient (Wildman–Crippen LogP) is 5.04. The topological polar surface area (TPSA) is 85.6 Å². The number of hydrogen-bond acceptors (Lipinski definition) is 5. The molecule has 4 aromatic heterocycles. The molecule has 0 saturated heterocycles. The summed E-state index contributed by atoms with van der Waals surface area (Å²) in [4.78, 5) is 26.1. The summed E-state index contributed by atoms with van der Waals surface area (Å²) in [5.74, 6) is 0.0393. The lowest BCUT2D eigenvalue weighted by molar-refractivity contribution is -0.117. The van der Waals surface area contributed by atoms with Crippen LogP contribution in [0.2, 0.25) is 0 Å². The largest absolute Gasteiger partial charge is 0.310 e. The van der Waals surface area contributed by atoms with Gasteiger partial charge in [-0.2, -0.15) is 5.10 Å². The molecule has 1 atom stereocenters. The monoisotopic (exact) mass is 452 g/mol. The summed E-state index contributed by atoms with van der Waals surface area (Å²) in [6, 6.07) is 9.64. The summed E-state index contributed by atoms with van der Waals surface area (Å²) in [5.41, 5.74) is 7.28. The third-order valence-electron chi connectivity index (χ3n) is 6.45. The molecular formula is C27H28N6O. The summed E-state index contributed by atoms with van der Waals surface area (Å²) >= 11 is 0. The molecule has 172 valence electrons. The van der Waals surface area contributed by atoms with E-state index in [2.05, 4.69) is 43.9 Å². The molecule has 34 heavy (non-hydrogen) atoms. The maximum atomic E-state index is 13.0. The normalized spacial score (nSPS) is 15.1. The van der Waals surface area contributed by atoms with Crippen LogP contribution in [0.4, 0.5) is 5.82 Å². The van der Waals surface area contributed by atoms with Crippen molar-refractivity contribution in [3.8, 4) is 22.4 Å². The third kappa shape index (κ3) is 4.21. The quantitative estimate of drug-likeness (QED) is 0.459. The highest BCUT2D eigenvalue weighted by molar-refractivity contribution is 5.95. The van der Waals surface area contributed by atoms with Crippen LogP contribution in [0.5, 0.6) is 0 Å². The van der Waals surface area contributed by atoms with Crippen LogP contribution in [0.1, 0.15) is 43.5 Å². The van der Waals surface area contributed by atoms with Gasteiger partial charge in [0.15, 0.2) is 0 Å². The van der Waals surface area contributed by atoms with E-state index < -0.39 is 0 Å². The lowest BCUT2D eigenvalue weighted by Gasteiger charge is -2.15. The number of aromatic nitrogens is 5. The van der Waals surface area contributed by atoms with Crippen molar-refractivity contribution in [1.29, 1.82) is 0 Å². The van der Waals surface area contributed by atoms with Crippen molar-refractivity contribution in [1.82, 2.24) is 24.7 Å². The highest BCUT2D eigenvalue weighted by atomic mass is 16.1. The van der Waals surface area contributed by atoms with Crippen molar-refractivity contribution in [3.63, 3.8) is 0 Å². The molecule has 4 aromatic rings. The molecule has 1 aliphatic rings. The third-order valence-corrected chi connectivity index (χ3v) is 6.45. The van der Waals surface area contributed by atoms with Crippen LogP contribution in [0.15, 0.2) is 61.3 Å². The fourth-order valence-electron chi connectivity index (χ4n) is 4.49. The molecule has 0 radical (unpaired) electrons. The van der Waals surface area contributed by atoms with Crippen molar-refractivity contribution in [3.05, 3.63) is 78.1 Å². The van der Waals surface area contributed by atoms with Crippen LogP contribution in [0.25, 0.3) is 22.4 Å². The minimum absolute atomic E-state index is 0.125. The Morgan fingerprint density at radius 3 is 2.68 bits per heavy atom. The molecule has 0 spiro atoms. The van der Waals surface area contributed by atoms with Gasteiger partial charge in [0.1, 0.15) is 5.82 Å². The molecule has 7 heteroatoms. The average Bonchev–Trinajstić information content (AvgIpc) is 3.35. The fraction of sp³-hybridized carbons (Fsp3) is 0.296. The standard InChI is InChI=1S/C27H28N6O/c1-17-12-30-25(10-21(17)22-15-31-33-16-27(3,4)11-24(22)33)32-26(34)18(2)19-7-8-23(29-14-19)20-6-5-9-28-13-20/h5-10,12-15,18H,11,16H2,1-4H3,(H,30,32,34)/t18-/m0/s1. The van der Waals surface area contributed by atoms with Crippen molar-refractivity contribution in [2.75, 3.05) is 5.32 Å². The van der Waals surface area contributed by atoms with Crippen molar-refractivity contribution in [2.24, 2.45) is 5.41 Å². The molecule has 0 fully saturated rings. The Kier molecular flexibility index (Phi) is 5.48. The number of anilines is 1. The van der Waals surface area contributed by atoms with E-state index in [1.165, 1.54) is 5.69 Å². The highest BCUT2D eigenvalue weighted by Gasteiger charge is 2.32. The van der Waals surface area contributed by atoms with Crippen LogP contribution in [0.3, 0.4) is 0 Å². The second-order valence-corrected chi connectivity index (χ2v) is 9.82. The van der Waals surface area contributed by atoms with Crippen LogP contribution >= 0.6 is 0 Å². The SMILES string of the molecule is Cc1cnc(NC(=O)[C@@H](C)c2ccc(-c3cccnc3)nc2)cc1-c1cnn2c1CC(C)(C)C2. The van der Waals surface area contributed by atoms with E-state index in [-0.39, 0.29) is 17.2 Å². The second-order valence-electron chi connectivity index (χ2n) is 9.82. The zero-order chi connectivity index (χ0) is 23.9. The lowest BCUT2D eigenvalue weighted by atomic mass is 9.89. The number of fused-ring (bicyclic) bond motifs is 1. The molecule has 1 amide bonds. The highest BCUT2D eigenvalue weighted by Crippen LogP contribution is 2.38. The minimum Gasteiger partial charge on any atom is -0.310 e. The number of rotatable bonds is 5. The number of nitrogens with one attached hydrogen (secondary N) is 1. The molecule has 7 nitrogen and oxygen atoms in total. The average molecular weight is 453 g/mol. The lowest BCUT2D eigenvalue weighted by Crippen LogP contribution is -2.19. The maximum absolute atomic E-state index is 13.0. The predicted molar refractivity (Wildman–Crippen MR) is 132 cm³/mol. The molecule has 0 aromatic carbocycles. The van der Waals surface area contributed by atoms with Crippen LogP contribution in [-0.2, 0) is 17.8 Å². The van der Waals surface area contributed by atoms with Crippen molar-refractivity contribution >= 4 is 11.7 Å². The first-order valence-corrected chi connectivity index (χ1v) is 11.5. The molecule has 5 rings (SSSR count). The number of carbonyl (C=O) groups is 1. The Balaban J connectivity index is 1.34.